The number of H-pyrrole nitrogens is 1. The van der Waals surface area contributed by atoms with Gasteiger partial charge in [0.25, 0.3) is 0 Å². The Kier molecular flexibility index (Phi) is 3.95. The van der Waals surface area contributed by atoms with Gasteiger partial charge in [-0.15, -0.1) is 0 Å². The van der Waals surface area contributed by atoms with Crippen LogP contribution in [0.1, 0.15) is 25.5 Å². The van der Waals surface area contributed by atoms with E-state index in [-0.39, 0.29) is 0 Å². The first-order chi connectivity index (χ1) is 8.00. The predicted octanol–water partition coefficient (Wildman–Crippen LogP) is 5.38. The number of aromatic nitrogens is 2. The van der Waals surface area contributed by atoms with Crippen molar-refractivity contribution in [1.29, 1.82) is 0 Å². The number of halogens is 3. The van der Waals surface area contributed by atoms with Gasteiger partial charge in [0.1, 0.15) is 5.69 Å². The maximum Gasteiger partial charge on any atom is 0.108 e. The second-order valence-electron chi connectivity index (χ2n) is 4.08. The molecule has 0 saturated carbocycles. The van der Waals surface area contributed by atoms with E-state index in [9.17, 15) is 0 Å². The molecule has 1 N–H and O–H groups in total. The van der Waals surface area contributed by atoms with Gasteiger partial charge in [-0.1, -0.05) is 41.4 Å². The summed E-state index contributed by atoms with van der Waals surface area (Å²) in [4.78, 5) is 0. The van der Waals surface area contributed by atoms with Crippen LogP contribution in [-0.4, -0.2) is 10.2 Å². The number of hydrogen-bond donors (Lipinski definition) is 1. The second kappa shape index (κ2) is 5.12. The molecule has 1 aromatic heterocycles. The highest BCUT2D eigenvalue weighted by molar-refractivity contribution is 9.11. The third-order valence-corrected chi connectivity index (χ3v) is 4.12. The lowest BCUT2D eigenvalue weighted by atomic mass is 10.1. The van der Waals surface area contributed by atoms with Crippen LogP contribution < -0.4 is 0 Å². The lowest BCUT2D eigenvalue weighted by molar-refractivity contribution is 0.807. The van der Waals surface area contributed by atoms with E-state index in [4.69, 9.17) is 11.6 Å². The molecule has 0 unspecified atom stereocenters. The van der Waals surface area contributed by atoms with E-state index in [0.29, 0.717) is 10.9 Å². The van der Waals surface area contributed by atoms with E-state index in [1.165, 1.54) is 0 Å². The molecule has 0 aliphatic heterocycles. The summed E-state index contributed by atoms with van der Waals surface area (Å²) in [5, 5.41) is 8.07. The first-order valence-electron chi connectivity index (χ1n) is 5.20. The minimum atomic E-state index is 0.386. The van der Waals surface area contributed by atoms with Gasteiger partial charge in [0.05, 0.1) is 15.2 Å². The van der Waals surface area contributed by atoms with Crippen LogP contribution in [-0.2, 0) is 0 Å². The first-order valence-corrected chi connectivity index (χ1v) is 7.16. The maximum atomic E-state index is 6.20. The molecule has 2 nitrogen and oxygen atoms in total. The van der Waals surface area contributed by atoms with Crippen molar-refractivity contribution in [3.05, 3.63) is 37.9 Å². The fourth-order valence-corrected chi connectivity index (χ4v) is 3.00. The molecule has 0 saturated heterocycles. The Bertz CT molecular complexity index is 549. The van der Waals surface area contributed by atoms with Crippen molar-refractivity contribution in [3.8, 4) is 11.3 Å². The summed E-state index contributed by atoms with van der Waals surface area (Å²) in [6, 6.07) is 5.74. The normalized spacial score (nSPS) is 11.2. The minimum absolute atomic E-state index is 0.386. The molecule has 1 heterocycles. The van der Waals surface area contributed by atoms with Crippen molar-refractivity contribution in [1.82, 2.24) is 10.2 Å². The van der Waals surface area contributed by atoms with Gasteiger partial charge in [-0.25, -0.2) is 0 Å². The Morgan fingerprint density at radius 2 is 2.00 bits per heavy atom. The molecule has 0 radical (unpaired) electrons. The zero-order valence-corrected chi connectivity index (χ0v) is 13.3. The molecule has 0 bridgehead atoms. The quantitative estimate of drug-likeness (QED) is 0.747. The van der Waals surface area contributed by atoms with Gasteiger partial charge in [-0.2, -0.15) is 5.10 Å². The fraction of sp³-hybridized carbons (Fsp3) is 0.250. The zero-order valence-electron chi connectivity index (χ0n) is 9.39. The van der Waals surface area contributed by atoms with Crippen molar-refractivity contribution in [3.63, 3.8) is 0 Å². The highest BCUT2D eigenvalue weighted by Gasteiger charge is 2.16. The lowest BCUT2D eigenvalue weighted by Gasteiger charge is -2.04. The molecule has 90 valence electrons. The Morgan fingerprint density at radius 3 is 2.59 bits per heavy atom. The van der Waals surface area contributed by atoms with Crippen LogP contribution in [0.2, 0.25) is 5.02 Å². The van der Waals surface area contributed by atoms with E-state index in [1.807, 2.05) is 18.2 Å². The summed E-state index contributed by atoms with van der Waals surface area (Å²) in [6.45, 7) is 4.23. The van der Waals surface area contributed by atoms with Crippen LogP contribution in [0.3, 0.4) is 0 Å². The molecular formula is C12H11Br2ClN2. The Labute approximate surface area is 122 Å². The summed E-state index contributed by atoms with van der Waals surface area (Å²) in [7, 11) is 0. The lowest BCUT2D eigenvalue weighted by Crippen LogP contribution is -1.87. The van der Waals surface area contributed by atoms with E-state index in [1.54, 1.807) is 0 Å². The van der Waals surface area contributed by atoms with Crippen molar-refractivity contribution < 1.29 is 0 Å². The van der Waals surface area contributed by atoms with Crippen molar-refractivity contribution in [2.75, 3.05) is 0 Å². The highest BCUT2D eigenvalue weighted by Crippen LogP contribution is 2.37. The van der Waals surface area contributed by atoms with E-state index in [2.05, 4.69) is 55.9 Å². The zero-order chi connectivity index (χ0) is 12.6. The monoisotopic (exact) mass is 376 g/mol. The second-order valence-corrected chi connectivity index (χ2v) is 6.19. The predicted molar refractivity (Wildman–Crippen MR) is 78.5 cm³/mol. The maximum absolute atomic E-state index is 6.20. The molecule has 0 aliphatic carbocycles. The van der Waals surface area contributed by atoms with Crippen molar-refractivity contribution in [2.45, 2.75) is 19.8 Å². The summed E-state index contributed by atoms with van der Waals surface area (Å²) in [5.74, 6) is 0.386. The van der Waals surface area contributed by atoms with Crippen LogP contribution in [0.15, 0.2) is 27.1 Å². The molecule has 0 amide bonds. The van der Waals surface area contributed by atoms with Gasteiger partial charge in [0.15, 0.2) is 0 Å². The molecule has 1 aromatic carbocycles. The Morgan fingerprint density at radius 1 is 1.29 bits per heavy atom. The molecule has 0 fully saturated rings. The highest BCUT2D eigenvalue weighted by atomic mass is 79.9. The molecule has 17 heavy (non-hydrogen) atoms. The molecule has 2 aromatic rings. The summed E-state index contributed by atoms with van der Waals surface area (Å²) >= 11 is 13.2. The number of hydrogen-bond acceptors (Lipinski definition) is 1. The number of rotatable bonds is 2. The fourth-order valence-electron chi connectivity index (χ4n) is 1.58. The van der Waals surface area contributed by atoms with Gasteiger partial charge >= 0.3 is 0 Å². The summed E-state index contributed by atoms with van der Waals surface area (Å²) < 4.78 is 1.96. The standard InChI is InChI=1S/C12H11Br2ClN2/c1-6(2)11-10(14)12(17-16-11)8-5-7(13)3-4-9(8)15/h3-6H,1-2H3,(H,16,17). The number of benzene rings is 1. The minimum Gasteiger partial charge on any atom is -0.281 e. The van der Waals surface area contributed by atoms with Crippen LogP contribution >= 0.6 is 43.5 Å². The molecule has 0 aliphatic rings. The van der Waals surface area contributed by atoms with Crippen LogP contribution in [0.5, 0.6) is 0 Å². The smallest absolute Gasteiger partial charge is 0.108 e. The average Bonchev–Trinajstić information content (AvgIpc) is 2.64. The number of nitrogens with one attached hydrogen (secondary N) is 1. The van der Waals surface area contributed by atoms with Gasteiger partial charge in [0.2, 0.25) is 0 Å². The Balaban J connectivity index is 2.57. The summed E-state index contributed by atoms with van der Waals surface area (Å²) in [6.07, 6.45) is 0. The third kappa shape index (κ3) is 2.59. The van der Waals surface area contributed by atoms with E-state index < -0.39 is 0 Å². The van der Waals surface area contributed by atoms with Gasteiger partial charge < -0.3 is 0 Å². The topological polar surface area (TPSA) is 28.7 Å². The van der Waals surface area contributed by atoms with Crippen LogP contribution in [0.4, 0.5) is 0 Å². The van der Waals surface area contributed by atoms with Crippen LogP contribution in [0, 0.1) is 0 Å². The molecule has 2 rings (SSSR count). The third-order valence-electron chi connectivity index (χ3n) is 2.49. The number of aromatic amines is 1. The number of nitrogens with zero attached hydrogens (tertiary/aromatic N) is 1. The molecule has 0 spiro atoms. The van der Waals surface area contributed by atoms with E-state index in [0.717, 1.165) is 25.9 Å². The first kappa shape index (κ1) is 13.1. The molecule has 5 heteroatoms. The van der Waals surface area contributed by atoms with E-state index >= 15 is 0 Å². The van der Waals surface area contributed by atoms with Crippen molar-refractivity contribution >= 4 is 43.5 Å². The molecule has 0 atom stereocenters. The van der Waals surface area contributed by atoms with Gasteiger partial charge in [-0.3, -0.25) is 5.10 Å². The van der Waals surface area contributed by atoms with Crippen molar-refractivity contribution in [2.24, 2.45) is 0 Å². The van der Waals surface area contributed by atoms with Crippen LogP contribution in [0.25, 0.3) is 11.3 Å². The SMILES string of the molecule is CC(C)c1[nH]nc(-c2cc(Br)ccc2Cl)c1Br. The average molecular weight is 378 g/mol. The van der Waals surface area contributed by atoms with Gasteiger partial charge in [0, 0.05) is 10.0 Å². The Hall–Kier alpha value is -0.320. The van der Waals surface area contributed by atoms with Gasteiger partial charge in [-0.05, 0) is 40.0 Å². The summed E-state index contributed by atoms with van der Waals surface area (Å²) in [5.41, 5.74) is 2.84. The largest absolute Gasteiger partial charge is 0.281 e. The molecular weight excluding hydrogens is 367 g/mol.